The predicted octanol–water partition coefficient (Wildman–Crippen LogP) is 1.78. The van der Waals surface area contributed by atoms with Gasteiger partial charge in [0.2, 0.25) is 5.91 Å². The van der Waals surface area contributed by atoms with E-state index in [1.807, 2.05) is 12.1 Å². The molecule has 0 bridgehead atoms. The minimum absolute atomic E-state index is 0.255. The van der Waals surface area contributed by atoms with Crippen LogP contribution in [0.1, 0.15) is 25.7 Å². The summed E-state index contributed by atoms with van der Waals surface area (Å²) in [5.41, 5.74) is 1.49. The van der Waals surface area contributed by atoms with Gasteiger partial charge in [0, 0.05) is 36.8 Å². The van der Waals surface area contributed by atoms with Crippen LogP contribution in [0.5, 0.6) is 5.75 Å². The molecule has 4 rings (SSSR count). The molecule has 2 aliphatic heterocycles. The molecule has 5 nitrogen and oxygen atoms in total. The van der Waals surface area contributed by atoms with Crippen molar-refractivity contribution in [3.8, 4) is 5.75 Å². The van der Waals surface area contributed by atoms with E-state index in [0.29, 0.717) is 5.41 Å². The van der Waals surface area contributed by atoms with Gasteiger partial charge >= 0.3 is 0 Å². The van der Waals surface area contributed by atoms with Crippen molar-refractivity contribution in [1.82, 2.24) is 10.6 Å². The number of amides is 1. The van der Waals surface area contributed by atoms with Crippen LogP contribution in [-0.2, 0) is 4.79 Å². The Balaban J connectivity index is 1.32. The van der Waals surface area contributed by atoms with Crippen LogP contribution in [0.4, 0.5) is 5.69 Å². The number of piperidine rings is 1. The second-order valence-electron chi connectivity index (χ2n) is 7.51. The average Bonchev–Trinajstić information content (AvgIpc) is 3.10. The third-order valence-electron chi connectivity index (χ3n) is 6.06. The van der Waals surface area contributed by atoms with Gasteiger partial charge in [-0.1, -0.05) is 6.07 Å². The Morgan fingerprint density at radius 1 is 1.38 bits per heavy atom. The normalized spacial score (nSPS) is 28.0. The Bertz CT molecular complexity index is 612. The van der Waals surface area contributed by atoms with Gasteiger partial charge in [-0.15, -0.1) is 0 Å². The lowest BCUT2D eigenvalue weighted by Gasteiger charge is -2.24. The minimum atomic E-state index is 0.255. The summed E-state index contributed by atoms with van der Waals surface area (Å²) in [4.78, 5) is 14.9. The van der Waals surface area contributed by atoms with E-state index >= 15 is 0 Å². The molecule has 2 saturated heterocycles. The third-order valence-corrected chi connectivity index (χ3v) is 6.06. The van der Waals surface area contributed by atoms with Crippen LogP contribution in [0, 0.1) is 11.3 Å². The molecule has 3 aliphatic rings. The number of rotatable bonds is 4. The Kier molecular flexibility index (Phi) is 4.12. The zero-order valence-corrected chi connectivity index (χ0v) is 14.4. The molecule has 130 valence electrons. The van der Waals surface area contributed by atoms with Crippen molar-refractivity contribution in [2.24, 2.45) is 11.3 Å². The number of hydrogen-bond acceptors (Lipinski definition) is 4. The first-order valence-electron chi connectivity index (χ1n) is 9.10. The summed E-state index contributed by atoms with van der Waals surface area (Å²) in [6.07, 6.45) is 4.43. The van der Waals surface area contributed by atoms with Crippen LogP contribution >= 0.6 is 0 Å². The second-order valence-corrected chi connectivity index (χ2v) is 7.51. The molecule has 0 aromatic heterocycles. The van der Waals surface area contributed by atoms with E-state index in [2.05, 4.69) is 27.7 Å². The molecule has 1 aromatic rings. The zero-order chi connectivity index (χ0) is 16.6. The number of methoxy groups -OCH3 is 1. The zero-order valence-electron chi connectivity index (χ0n) is 14.4. The van der Waals surface area contributed by atoms with Crippen molar-refractivity contribution in [3.63, 3.8) is 0 Å². The molecule has 2 heterocycles. The molecular formula is C19H27N3O2. The maximum Gasteiger partial charge on any atom is 0.223 e. The van der Waals surface area contributed by atoms with E-state index in [-0.39, 0.29) is 17.9 Å². The van der Waals surface area contributed by atoms with E-state index in [0.717, 1.165) is 57.6 Å². The van der Waals surface area contributed by atoms with Crippen molar-refractivity contribution in [1.29, 1.82) is 0 Å². The molecule has 24 heavy (non-hydrogen) atoms. The number of anilines is 1. The van der Waals surface area contributed by atoms with Gasteiger partial charge in [-0.05, 0) is 56.3 Å². The molecule has 2 atom stereocenters. The maximum absolute atomic E-state index is 12.6. The van der Waals surface area contributed by atoms with Gasteiger partial charge in [-0.25, -0.2) is 0 Å². The van der Waals surface area contributed by atoms with E-state index in [9.17, 15) is 4.79 Å². The van der Waals surface area contributed by atoms with Gasteiger partial charge < -0.3 is 20.3 Å². The van der Waals surface area contributed by atoms with Crippen LogP contribution in [0.3, 0.4) is 0 Å². The van der Waals surface area contributed by atoms with E-state index < -0.39 is 0 Å². The van der Waals surface area contributed by atoms with Crippen molar-refractivity contribution >= 4 is 11.6 Å². The number of carbonyl (C=O) groups is 1. The van der Waals surface area contributed by atoms with Gasteiger partial charge in [0.1, 0.15) is 5.75 Å². The standard InChI is InChI=1S/C19H27N3O2/c1-24-16-4-2-3-15(11-16)22-10-5-14(13-22)21-18(23)17-12-19(17)6-8-20-9-7-19/h2-4,11,14,17,20H,5-10,12-13H2,1H3,(H,21,23). The third kappa shape index (κ3) is 2.97. The summed E-state index contributed by atoms with van der Waals surface area (Å²) in [7, 11) is 1.69. The molecule has 1 aromatic carbocycles. The first-order valence-corrected chi connectivity index (χ1v) is 9.10. The lowest BCUT2D eigenvalue weighted by Crippen LogP contribution is -2.40. The predicted molar refractivity (Wildman–Crippen MR) is 94.4 cm³/mol. The fourth-order valence-corrected chi connectivity index (χ4v) is 4.42. The van der Waals surface area contributed by atoms with Crippen LogP contribution in [0.25, 0.3) is 0 Å². The van der Waals surface area contributed by atoms with Gasteiger partial charge in [-0.3, -0.25) is 4.79 Å². The molecule has 1 spiro atoms. The number of carbonyl (C=O) groups excluding carboxylic acids is 1. The highest BCUT2D eigenvalue weighted by atomic mass is 16.5. The Labute approximate surface area is 143 Å². The molecule has 3 fully saturated rings. The highest BCUT2D eigenvalue weighted by Gasteiger charge is 2.57. The summed E-state index contributed by atoms with van der Waals surface area (Å²) in [5.74, 6) is 1.42. The Morgan fingerprint density at radius 3 is 3.00 bits per heavy atom. The number of nitrogens with zero attached hydrogens (tertiary/aromatic N) is 1. The summed E-state index contributed by atoms with van der Waals surface area (Å²) in [6.45, 7) is 4.01. The monoisotopic (exact) mass is 329 g/mol. The molecule has 2 N–H and O–H groups in total. The average molecular weight is 329 g/mol. The van der Waals surface area contributed by atoms with Gasteiger partial charge in [0.15, 0.2) is 0 Å². The van der Waals surface area contributed by atoms with Crippen molar-refractivity contribution in [3.05, 3.63) is 24.3 Å². The highest BCUT2D eigenvalue weighted by Crippen LogP contribution is 2.58. The smallest absolute Gasteiger partial charge is 0.223 e. The molecule has 0 radical (unpaired) electrons. The number of ether oxygens (including phenoxy) is 1. The van der Waals surface area contributed by atoms with Crippen LogP contribution in [0.15, 0.2) is 24.3 Å². The largest absolute Gasteiger partial charge is 0.497 e. The van der Waals surface area contributed by atoms with Gasteiger partial charge in [0.05, 0.1) is 7.11 Å². The van der Waals surface area contributed by atoms with Crippen molar-refractivity contribution in [2.75, 3.05) is 38.2 Å². The minimum Gasteiger partial charge on any atom is -0.497 e. The summed E-state index contributed by atoms with van der Waals surface area (Å²) < 4.78 is 5.31. The van der Waals surface area contributed by atoms with Gasteiger partial charge in [0.25, 0.3) is 0 Å². The van der Waals surface area contributed by atoms with Crippen LogP contribution < -0.4 is 20.3 Å². The Hall–Kier alpha value is -1.75. The van der Waals surface area contributed by atoms with Gasteiger partial charge in [-0.2, -0.15) is 0 Å². The molecule has 2 unspecified atom stereocenters. The summed E-state index contributed by atoms with van der Waals surface area (Å²) >= 11 is 0. The molecular weight excluding hydrogens is 302 g/mol. The maximum atomic E-state index is 12.6. The van der Waals surface area contributed by atoms with E-state index in [1.54, 1.807) is 7.11 Å². The molecule has 1 amide bonds. The fraction of sp³-hybridized carbons (Fsp3) is 0.632. The van der Waals surface area contributed by atoms with Crippen molar-refractivity contribution < 1.29 is 9.53 Å². The topological polar surface area (TPSA) is 53.6 Å². The van der Waals surface area contributed by atoms with Crippen LogP contribution in [0.2, 0.25) is 0 Å². The van der Waals surface area contributed by atoms with E-state index in [4.69, 9.17) is 4.74 Å². The SMILES string of the molecule is COc1cccc(N2CCC(NC(=O)C3CC34CCNCC4)C2)c1. The fourth-order valence-electron chi connectivity index (χ4n) is 4.42. The number of benzene rings is 1. The summed E-state index contributed by atoms with van der Waals surface area (Å²) in [5, 5.41) is 6.71. The first kappa shape index (κ1) is 15.8. The molecule has 1 saturated carbocycles. The van der Waals surface area contributed by atoms with Crippen molar-refractivity contribution in [2.45, 2.75) is 31.7 Å². The lowest BCUT2D eigenvalue weighted by molar-refractivity contribution is -0.123. The lowest BCUT2D eigenvalue weighted by atomic mass is 9.91. The first-order chi connectivity index (χ1) is 11.7. The second kappa shape index (κ2) is 6.28. The molecule has 5 heteroatoms. The quantitative estimate of drug-likeness (QED) is 0.884. The molecule has 1 aliphatic carbocycles. The van der Waals surface area contributed by atoms with E-state index in [1.165, 1.54) is 5.69 Å². The number of nitrogens with one attached hydrogen (secondary N) is 2. The van der Waals surface area contributed by atoms with Crippen LogP contribution in [-0.4, -0.2) is 45.2 Å². The highest BCUT2D eigenvalue weighted by molar-refractivity contribution is 5.83. The summed E-state index contributed by atoms with van der Waals surface area (Å²) in [6, 6.07) is 8.42. The Morgan fingerprint density at radius 2 is 2.21 bits per heavy atom. The number of hydrogen-bond donors (Lipinski definition) is 2.